The van der Waals surface area contributed by atoms with E-state index in [1.54, 1.807) is 36.0 Å². The number of nitrogens with zero attached hydrogens (tertiary/aromatic N) is 2. The molecule has 0 aliphatic carbocycles. The molecule has 0 aliphatic rings. The van der Waals surface area contributed by atoms with Crippen molar-refractivity contribution in [2.75, 3.05) is 6.54 Å². The van der Waals surface area contributed by atoms with Crippen molar-refractivity contribution in [3.8, 4) is 5.75 Å². The second-order valence-electron chi connectivity index (χ2n) is 4.40. The van der Waals surface area contributed by atoms with Crippen LogP contribution in [0.25, 0.3) is 0 Å². The molecule has 0 bridgehead atoms. The van der Waals surface area contributed by atoms with E-state index < -0.39 is 0 Å². The van der Waals surface area contributed by atoms with E-state index >= 15 is 0 Å². The number of hydrogen-bond acceptors (Lipinski definition) is 3. The summed E-state index contributed by atoms with van der Waals surface area (Å²) in [6.45, 7) is 2.26. The Balaban J connectivity index is 1.95. The molecule has 0 saturated carbocycles. The minimum atomic E-state index is -0.171. The van der Waals surface area contributed by atoms with Crippen LogP contribution < -0.4 is 5.32 Å². The molecule has 0 fully saturated rings. The first-order valence-corrected chi connectivity index (χ1v) is 6.13. The largest absolute Gasteiger partial charge is 0.508 e. The van der Waals surface area contributed by atoms with Crippen LogP contribution in [-0.2, 0) is 13.5 Å². The number of aromatic nitrogens is 2. The van der Waals surface area contributed by atoms with E-state index in [4.69, 9.17) is 0 Å². The lowest BCUT2D eigenvalue weighted by Crippen LogP contribution is -2.26. The van der Waals surface area contributed by atoms with Crippen molar-refractivity contribution in [3.05, 3.63) is 47.3 Å². The molecule has 100 valence electrons. The lowest BCUT2D eigenvalue weighted by atomic mass is 10.1. The van der Waals surface area contributed by atoms with Crippen LogP contribution in [0.1, 0.15) is 21.6 Å². The Labute approximate surface area is 111 Å². The van der Waals surface area contributed by atoms with Gasteiger partial charge in [0.25, 0.3) is 5.91 Å². The smallest absolute Gasteiger partial charge is 0.251 e. The number of carbonyl (C=O) groups excluding carboxylic acids is 1. The Morgan fingerprint density at radius 2 is 2.21 bits per heavy atom. The second kappa shape index (κ2) is 5.56. The van der Waals surface area contributed by atoms with Crippen LogP contribution in [0.2, 0.25) is 0 Å². The second-order valence-corrected chi connectivity index (χ2v) is 4.40. The third kappa shape index (κ3) is 2.93. The van der Waals surface area contributed by atoms with Gasteiger partial charge in [-0.2, -0.15) is 5.10 Å². The molecule has 0 saturated heterocycles. The van der Waals surface area contributed by atoms with Gasteiger partial charge < -0.3 is 10.4 Å². The summed E-state index contributed by atoms with van der Waals surface area (Å²) in [4.78, 5) is 12.0. The Hall–Kier alpha value is -2.30. The van der Waals surface area contributed by atoms with Crippen LogP contribution >= 0.6 is 0 Å². The molecule has 1 aromatic heterocycles. The summed E-state index contributed by atoms with van der Waals surface area (Å²) < 4.78 is 1.78. The Kier molecular flexibility index (Phi) is 3.85. The number of phenols is 1. The van der Waals surface area contributed by atoms with E-state index in [-0.39, 0.29) is 11.7 Å². The molecule has 0 aliphatic heterocycles. The van der Waals surface area contributed by atoms with Gasteiger partial charge in [-0.05, 0) is 25.1 Å². The van der Waals surface area contributed by atoms with E-state index in [1.165, 1.54) is 0 Å². The number of benzene rings is 1. The van der Waals surface area contributed by atoms with Crippen molar-refractivity contribution in [2.45, 2.75) is 13.3 Å². The first-order valence-electron chi connectivity index (χ1n) is 6.13. The normalized spacial score (nSPS) is 10.4. The third-order valence-electron chi connectivity index (χ3n) is 3.14. The maximum Gasteiger partial charge on any atom is 0.251 e. The first kappa shape index (κ1) is 13.1. The van der Waals surface area contributed by atoms with Crippen molar-refractivity contribution < 1.29 is 9.90 Å². The van der Waals surface area contributed by atoms with E-state index in [2.05, 4.69) is 10.4 Å². The summed E-state index contributed by atoms with van der Waals surface area (Å²) in [5, 5.41) is 16.5. The molecule has 19 heavy (non-hydrogen) atoms. The predicted octanol–water partition coefficient (Wildman–Crippen LogP) is 1.41. The van der Waals surface area contributed by atoms with Gasteiger partial charge >= 0.3 is 0 Å². The molecule has 2 N–H and O–H groups in total. The highest BCUT2D eigenvalue weighted by molar-refractivity contribution is 5.96. The molecule has 0 unspecified atom stereocenters. The van der Waals surface area contributed by atoms with Gasteiger partial charge in [0, 0.05) is 43.0 Å². The lowest BCUT2D eigenvalue weighted by Gasteiger charge is -2.08. The number of aryl methyl sites for hydroxylation is 1. The fourth-order valence-electron chi connectivity index (χ4n) is 1.92. The van der Waals surface area contributed by atoms with Gasteiger partial charge in [0.2, 0.25) is 0 Å². The predicted molar refractivity (Wildman–Crippen MR) is 72.1 cm³/mol. The fourth-order valence-corrected chi connectivity index (χ4v) is 1.92. The van der Waals surface area contributed by atoms with Crippen LogP contribution in [0, 0.1) is 6.92 Å². The van der Waals surface area contributed by atoms with Crippen molar-refractivity contribution in [2.24, 2.45) is 7.05 Å². The van der Waals surface area contributed by atoms with Crippen LogP contribution in [0.15, 0.2) is 30.5 Å². The molecule has 5 heteroatoms. The van der Waals surface area contributed by atoms with Gasteiger partial charge in [0.05, 0.1) is 0 Å². The molecular formula is C14H17N3O2. The maximum absolute atomic E-state index is 12.0. The summed E-state index contributed by atoms with van der Waals surface area (Å²) >= 11 is 0. The highest BCUT2D eigenvalue weighted by Gasteiger charge is 2.10. The standard InChI is InChI=1S/C14H17N3O2/c1-10-12(4-3-5-13(10)18)14(19)15-8-6-11-7-9-16-17(11)2/h3-5,7,9,18H,6,8H2,1-2H3,(H,15,19). The fraction of sp³-hybridized carbons (Fsp3) is 0.286. The number of rotatable bonds is 4. The molecular weight excluding hydrogens is 242 g/mol. The van der Waals surface area contributed by atoms with Gasteiger partial charge in [-0.1, -0.05) is 6.07 Å². The summed E-state index contributed by atoms with van der Waals surface area (Å²) in [5.41, 5.74) is 2.17. The molecule has 0 radical (unpaired) electrons. The Bertz CT molecular complexity index is 590. The van der Waals surface area contributed by atoms with Gasteiger partial charge in [-0.3, -0.25) is 9.48 Å². The highest BCUT2D eigenvalue weighted by atomic mass is 16.3. The molecule has 2 rings (SSSR count). The van der Waals surface area contributed by atoms with E-state index in [0.717, 1.165) is 12.1 Å². The number of aromatic hydroxyl groups is 1. The number of carbonyl (C=O) groups is 1. The molecule has 5 nitrogen and oxygen atoms in total. The molecule has 1 aromatic carbocycles. The van der Waals surface area contributed by atoms with Gasteiger partial charge in [0.1, 0.15) is 5.75 Å². The van der Waals surface area contributed by atoms with Crippen molar-refractivity contribution in [1.29, 1.82) is 0 Å². The highest BCUT2D eigenvalue weighted by Crippen LogP contribution is 2.19. The van der Waals surface area contributed by atoms with Gasteiger partial charge in [0.15, 0.2) is 0 Å². The van der Waals surface area contributed by atoms with E-state index in [0.29, 0.717) is 17.7 Å². The van der Waals surface area contributed by atoms with Crippen molar-refractivity contribution >= 4 is 5.91 Å². The Morgan fingerprint density at radius 3 is 2.89 bits per heavy atom. The van der Waals surface area contributed by atoms with Crippen LogP contribution in [0.5, 0.6) is 5.75 Å². The van der Waals surface area contributed by atoms with Crippen LogP contribution in [-0.4, -0.2) is 27.3 Å². The zero-order valence-electron chi connectivity index (χ0n) is 11.1. The minimum Gasteiger partial charge on any atom is -0.508 e. The molecule has 1 amide bonds. The van der Waals surface area contributed by atoms with Gasteiger partial charge in [-0.15, -0.1) is 0 Å². The number of amides is 1. The average molecular weight is 259 g/mol. The molecule has 0 spiro atoms. The average Bonchev–Trinajstić information content (AvgIpc) is 2.78. The number of hydrogen-bond donors (Lipinski definition) is 2. The molecule has 2 aromatic rings. The zero-order valence-corrected chi connectivity index (χ0v) is 11.1. The lowest BCUT2D eigenvalue weighted by molar-refractivity contribution is 0.0953. The SMILES string of the molecule is Cc1c(O)cccc1C(=O)NCCc1ccnn1C. The van der Waals surface area contributed by atoms with Crippen molar-refractivity contribution in [1.82, 2.24) is 15.1 Å². The van der Waals surface area contributed by atoms with Gasteiger partial charge in [-0.25, -0.2) is 0 Å². The third-order valence-corrected chi connectivity index (χ3v) is 3.14. The summed E-state index contributed by atoms with van der Waals surface area (Å²) in [6, 6.07) is 6.86. The molecule has 0 atom stereocenters. The summed E-state index contributed by atoms with van der Waals surface area (Å²) in [5.74, 6) is -0.0325. The summed E-state index contributed by atoms with van der Waals surface area (Å²) in [7, 11) is 1.87. The van der Waals surface area contributed by atoms with Crippen LogP contribution in [0.3, 0.4) is 0 Å². The van der Waals surface area contributed by atoms with E-state index in [9.17, 15) is 9.90 Å². The quantitative estimate of drug-likeness (QED) is 0.872. The summed E-state index contributed by atoms with van der Waals surface area (Å²) in [6.07, 6.45) is 2.45. The number of nitrogens with one attached hydrogen (secondary N) is 1. The monoisotopic (exact) mass is 259 g/mol. The zero-order chi connectivity index (χ0) is 13.8. The van der Waals surface area contributed by atoms with E-state index in [1.807, 2.05) is 13.1 Å². The first-order chi connectivity index (χ1) is 9.09. The van der Waals surface area contributed by atoms with Crippen LogP contribution in [0.4, 0.5) is 0 Å². The van der Waals surface area contributed by atoms with Crippen molar-refractivity contribution in [3.63, 3.8) is 0 Å². The minimum absolute atomic E-state index is 0.138. The molecule has 1 heterocycles. The number of phenolic OH excluding ortho intramolecular Hbond substituents is 1. The topological polar surface area (TPSA) is 67.2 Å². The maximum atomic E-state index is 12.0. The Morgan fingerprint density at radius 1 is 1.42 bits per heavy atom.